The van der Waals surface area contributed by atoms with Crippen LogP contribution in [-0.2, 0) is 19.1 Å². The fourth-order valence-corrected chi connectivity index (χ4v) is 2.99. The molecule has 5 nitrogen and oxygen atoms in total. The summed E-state index contributed by atoms with van der Waals surface area (Å²) in [5.41, 5.74) is 0.615. The van der Waals surface area contributed by atoms with E-state index in [9.17, 15) is 14.4 Å². The summed E-state index contributed by atoms with van der Waals surface area (Å²) in [6, 6.07) is 5.20. The normalized spacial score (nSPS) is 16.2. The van der Waals surface area contributed by atoms with Crippen molar-refractivity contribution in [2.45, 2.75) is 13.3 Å². The summed E-state index contributed by atoms with van der Waals surface area (Å²) >= 11 is 4.27. The van der Waals surface area contributed by atoms with E-state index in [1.165, 1.54) is 0 Å². The first-order valence-corrected chi connectivity index (χ1v) is 8.14. The number of Topliss-reactive ketones (excluding diaryl/α,β-unsaturated/α-hetero) is 1. The van der Waals surface area contributed by atoms with Gasteiger partial charge < -0.3 is 9.47 Å². The number of allylic oxidation sites excluding steroid dienone is 1. The minimum Gasteiger partial charge on any atom is -0.481 e. The third-order valence-corrected chi connectivity index (χ3v) is 4.14. The molecule has 0 amide bonds. The van der Waals surface area contributed by atoms with Gasteiger partial charge in [-0.25, -0.2) is 4.79 Å². The van der Waals surface area contributed by atoms with E-state index in [2.05, 4.69) is 15.9 Å². The van der Waals surface area contributed by atoms with Crippen LogP contribution in [0, 0.1) is 0 Å². The summed E-state index contributed by atoms with van der Waals surface area (Å²) in [4.78, 5) is 34.7. The molecule has 22 heavy (non-hydrogen) atoms. The average molecular weight is 385 g/mol. The maximum Gasteiger partial charge on any atom is 0.344 e. The van der Waals surface area contributed by atoms with Crippen molar-refractivity contribution in [3.63, 3.8) is 0 Å². The number of rotatable bonds is 5. The Morgan fingerprint density at radius 3 is 2.82 bits per heavy atom. The van der Waals surface area contributed by atoms with Gasteiger partial charge in [0.1, 0.15) is 5.75 Å². The molecule has 1 aromatic carbocycles. The number of halogens is 1. The summed E-state index contributed by atoms with van der Waals surface area (Å²) in [6.45, 7) is 1.78. The van der Waals surface area contributed by atoms with Gasteiger partial charge in [-0.05, 0) is 43.0 Å². The van der Waals surface area contributed by atoms with E-state index in [-0.39, 0.29) is 30.5 Å². The standard InChI is InChI=1S/C15H13BrO5S/c1-2-20-14(18)8-21-12-4-3-10(16)5-9(12)6-13-11(17)7-15(19)22-13/h3-6H,2,7-8H2,1H3/b13-6-. The molecule has 1 heterocycles. The minimum absolute atomic E-state index is 0.0798. The fraction of sp³-hybridized carbons (Fsp3) is 0.267. The number of carbonyl (C=O) groups is 3. The summed E-state index contributed by atoms with van der Waals surface area (Å²) in [7, 11) is 0. The largest absolute Gasteiger partial charge is 0.481 e. The van der Waals surface area contributed by atoms with Crippen molar-refractivity contribution in [3.8, 4) is 5.75 Å². The number of ketones is 1. The lowest BCUT2D eigenvalue weighted by molar-refractivity contribution is -0.145. The van der Waals surface area contributed by atoms with E-state index in [0.717, 1.165) is 16.2 Å². The summed E-state index contributed by atoms with van der Waals surface area (Å²) in [6.07, 6.45) is 1.52. The second kappa shape index (κ2) is 7.60. The van der Waals surface area contributed by atoms with Crippen LogP contribution in [0.15, 0.2) is 27.6 Å². The quantitative estimate of drug-likeness (QED) is 0.441. The molecule has 0 unspecified atom stereocenters. The van der Waals surface area contributed by atoms with Crippen molar-refractivity contribution in [3.05, 3.63) is 33.1 Å². The molecule has 7 heteroatoms. The van der Waals surface area contributed by atoms with Gasteiger partial charge in [0.25, 0.3) is 0 Å². The molecular formula is C15H13BrO5S. The zero-order valence-electron chi connectivity index (χ0n) is 11.8. The van der Waals surface area contributed by atoms with Crippen molar-refractivity contribution in [1.29, 1.82) is 0 Å². The predicted octanol–water partition coefficient (Wildman–Crippen LogP) is 2.96. The van der Waals surface area contributed by atoms with E-state index in [0.29, 0.717) is 16.2 Å². The second-order valence-electron chi connectivity index (χ2n) is 4.36. The molecule has 1 fully saturated rings. The Bertz CT molecular complexity index is 653. The van der Waals surface area contributed by atoms with Crippen LogP contribution in [0.1, 0.15) is 18.9 Å². The number of benzene rings is 1. The van der Waals surface area contributed by atoms with Crippen LogP contribution in [0.5, 0.6) is 5.75 Å². The predicted molar refractivity (Wildman–Crippen MR) is 86.5 cm³/mol. The number of ether oxygens (including phenoxy) is 2. The summed E-state index contributed by atoms with van der Waals surface area (Å²) in [5, 5.41) is -0.166. The molecule has 0 atom stereocenters. The van der Waals surface area contributed by atoms with Gasteiger partial charge in [-0.1, -0.05) is 15.9 Å². The average Bonchev–Trinajstić information content (AvgIpc) is 2.76. The molecule has 1 saturated heterocycles. The molecular weight excluding hydrogens is 372 g/mol. The minimum atomic E-state index is -0.467. The molecule has 1 aliphatic heterocycles. The molecule has 0 aliphatic carbocycles. The molecule has 0 bridgehead atoms. The lowest BCUT2D eigenvalue weighted by Gasteiger charge is -2.09. The summed E-state index contributed by atoms with van der Waals surface area (Å²) in [5.74, 6) is -0.228. The maximum absolute atomic E-state index is 11.7. The number of thioether (sulfide) groups is 1. The topological polar surface area (TPSA) is 69.7 Å². The van der Waals surface area contributed by atoms with Crippen LogP contribution in [0.25, 0.3) is 6.08 Å². The lowest BCUT2D eigenvalue weighted by Crippen LogP contribution is -2.14. The van der Waals surface area contributed by atoms with Crippen LogP contribution in [-0.4, -0.2) is 30.1 Å². The van der Waals surface area contributed by atoms with Crippen molar-refractivity contribution < 1.29 is 23.9 Å². The van der Waals surface area contributed by atoms with Crippen LogP contribution in [0.2, 0.25) is 0 Å². The van der Waals surface area contributed by atoms with Crippen LogP contribution in [0.3, 0.4) is 0 Å². The SMILES string of the molecule is CCOC(=O)COc1ccc(Br)cc1/C=C1\SC(=O)CC1=O. The Kier molecular flexibility index (Phi) is 5.79. The highest BCUT2D eigenvalue weighted by Crippen LogP contribution is 2.33. The van der Waals surface area contributed by atoms with Gasteiger partial charge in [-0.3, -0.25) is 9.59 Å². The van der Waals surface area contributed by atoms with Gasteiger partial charge >= 0.3 is 5.97 Å². The van der Waals surface area contributed by atoms with Gasteiger partial charge in [0.15, 0.2) is 12.4 Å². The Morgan fingerprint density at radius 2 is 2.18 bits per heavy atom. The smallest absolute Gasteiger partial charge is 0.344 e. The number of hydrogen-bond donors (Lipinski definition) is 0. The molecule has 2 rings (SSSR count). The molecule has 0 saturated carbocycles. The Hall–Kier alpha value is -1.60. The van der Waals surface area contributed by atoms with Gasteiger partial charge in [0.05, 0.1) is 17.9 Å². The molecule has 0 spiro atoms. The highest BCUT2D eigenvalue weighted by Gasteiger charge is 2.26. The zero-order chi connectivity index (χ0) is 16.1. The van der Waals surface area contributed by atoms with Crippen molar-refractivity contribution in [2.75, 3.05) is 13.2 Å². The van der Waals surface area contributed by atoms with Crippen molar-refractivity contribution >= 4 is 50.6 Å². The molecule has 0 aromatic heterocycles. The highest BCUT2D eigenvalue weighted by molar-refractivity contribution is 9.10. The molecule has 0 N–H and O–H groups in total. The highest BCUT2D eigenvalue weighted by atomic mass is 79.9. The van der Waals surface area contributed by atoms with E-state index in [1.54, 1.807) is 31.2 Å². The molecule has 1 aliphatic rings. The first kappa shape index (κ1) is 16.8. The van der Waals surface area contributed by atoms with Crippen LogP contribution in [0.4, 0.5) is 0 Å². The lowest BCUT2D eigenvalue weighted by atomic mass is 10.1. The van der Waals surface area contributed by atoms with E-state index in [1.807, 2.05) is 0 Å². The van der Waals surface area contributed by atoms with Gasteiger partial charge in [-0.2, -0.15) is 0 Å². The van der Waals surface area contributed by atoms with E-state index >= 15 is 0 Å². The molecule has 116 valence electrons. The fourth-order valence-electron chi connectivity index (χ4n) is 1.79. The number of carbonyl (C=O) groups excluding carboxylic acids is 3. The first-order chi connectivity index (χ1) is 10.5. The zero-order valence-corrected chi connectivity index (χ0v) is 14.2. The number of esters is 1. The molecule has 0 radical (unpaired) electrons. The third kappa shape index (κ3) is 4.45. The van der Waals surface area contributed by atoms with Crippen molar-refractivity contribution in [2.24, 2.45) is 0 Å². The monoisotopic (exact) mass is 384 g/mol. The van der Waals surface area contributed by atoms with Crippen molar-refractivity contribution in [1.82, 2.24) is 0 Å². The van der Waals surface area contributed by atoms with Gasteiger partial charge in [0, 0.05) is 10.0 Å². The second-order valence-corrected chi connectivity index (χ2v) is 6.37. The number of hydrogen-bond acceptors (Lipinski definition) is 6. The molecule has 1 aromatic rings. The maximum atomic E-state index is 11.7. The van der Waals surface area contributed by atoms with E-state index < -0.39 is 5.97 Å². The Balaban J connectivity index is 2.21. The van der Waals surface area contributed by atoms with Gasteiger partial charge in [-0.15, -0.1) is 0 Å². The van der Waals surface area contributed by atoms with Crippen LogP contribution >= 0.6 is 27.7 Å². The third-order valence-electron chi connectivity index (χ3n) is 2.71. The Morgan fingerprint density at radius 1 is 1.41 bits per heavy atom. The Labute approximate surface area is 140 Å². The van der Waals surface area contributed by atoms with Gasteiger partial charge in [0.2, 0.25) is 5.12 Å². The summed E-state index contributed by atoms with van der Waals surface area (Å²) < 4.78 is 11.0. The van der Waals surface area contributed by atoms with E-state index in [4.69, 9.17) is 9.47 Å². The first-order valence-electron chi connectivity index (χ1n) is 6.53. The van der Waals surface area contributed by atoms with Crippen LogP contribution < -0.4 is 4.74 Å².